The van der Waals surface area contributed by atoms with E-state index in [2.05, 4.69) is 21.4 Å². The Morgan fingerprint density at radius 2 is 1.86 bits per heavy atom. The van der Waals surface area contributed by atoms with Gasteiger partial charge in [-0.3, -0.25) is 0 Å². The maximum atomic E-state index is 6.12. The molecule has 0 unspecified atom stereocenters. The number of nitrogens with zero attached hydrogens (tertiary/aromatic N) is 2. The summed E-state index contributed by atoms with van der Waals surface area (Å²) in [5.74, 6) is 1.90. The first-order chi connectivity index (χ1) is 10.6. The molecule has 0 aliphatic rings. The van der Waals surface area contributed by atoms with Gasteiger partial charge in [0.05, 0.1) is 30.3 Å². The molecule has 114 valence electrons. The van der Waals surface area contributed by atoms with Gasteiger partial charge in [-0.1, -0.05) is 11.6 Å². The van der Waals surface area contributed by atoms with Crippen LogP contribution in [-0.4, -0.2) is 24.2 Å². The zero-order chi connectivity index (χ0) is 15.7. The molecule has 0 bridgehead atoms. The Morgan fingerprint density at radius 3 is 2.59 bits per heavy atom. The number of anilines is 2. The maximum absolute atomic E-state index is 6.12. The second-order valence-electron chi connectivity index (χ2n) is 4.61. The van der Waals surface area contributed by atoms with Crippen molar-refractivity contribution in [3.05, 3.63) is 34.4 Å². The third-order valence-electron chi connectivity index (χ3n) is 3.18. The molecule has 0 atom stereocenters. The normalized spacial score (nSPS) is 10.7. The Balaban J connectivity index is 2.08. The first kappa shape index (κ1) is 14.9. The quantitative estimate of drug-likeness (QED) is 0.765. The minimum absolute atomic E-state index is 0.490. The Hall–Kier alpha value is -2.05. The minimum Gasteiger partial charge on any atom is -0.495 e. The molecule has 1 N–H and O–H groups in total. The number of aryl methyl sites for hydroxylation is 1. The summed E-state index contributed by atoms with van der Waals surface area (Å²) in [6, 6.07) is 5.55. The van der Waals surface area contributed by atoms with Crippen LogP contribution in [0.25, 0.3) is 10.2 Å². The number of fused-ring (bicyclic) bond motifs is 1. The van der Waals surface area contributed by atoms with Gasteiger partial charge in [-0.2, -0.15) is 0 Å². The molecule has 3 aromatic rings. The van der Waals surface area contributed by atoms with Crippen LogP contribution in [0.1, 0.15) is 4.88 Å². The fourth-order valence-corrected chi connectivity index (χ4v) is 3.24. The van der Waals surface area contributed by atoms with E-state index in [1.165, 1.54) is 4.88 Å². The molecule has 0 aliphatic carbocycles. The van der Waals surface area contributed by atoms with Gasteiger partial charge in [-0.15, -0.1) is 11.3 Å². The van der Waals surface area contributed by atoms with Gasteiger partial charge in [-0.25, -0.2) is 9.97 Å². The lowest BCUT2D eigenvalue weighted by Gasteiger charge is -2.13. The van der Waals surface area contributed by atoms with Crippen molar-refractivity contribution in [3.63, 3.8) is 0 Å². The van der Waals surface area contributed by atoms with E-state index in [9.17, 15) is 0 Å². The van der Waals surface area contributed by atoms with E-state index in [0.29, 0.717) is 16.5 Å². The number of rotatable bonds is 4. The summed E-state index contributed by atoms with van der Waals surface area (Å²) < 4.78 is 10.6. The average Bonchev–Trinajstić information content (AvgIpc) is 2.89. The third-order valence-corrected chi connectivity index (χ3v) is 4.43. The van der Waals surface area contributed by atoms with Gasteiger partial charge in [0.2, 0.25) is 0 Å². The van der Waals surface area contributed by atoms with Gasteiger partial charge in [0.25, 0.3) is 0 Å². The first-order valence-corrected chi connectivity index (χ1v) is 7.71. The summed E-state index contributed by atoms with van der Waals surface area (Å²) >= 11 is 7.75. The highest BCUT2D eigenvalue weighted by Gasteiger charge is 2.13. The lowest BCUT2D eigenvalue weighted by atomic mass is 10.2. The summed E-state index contributed by atoms with van der Waals surface area (Å²) in [5, 5.41) is 4.74. The summed E-state index contributed by atoms with van der Waals surface area (Å²) in [6.45, 7) is 2.04. The van der Waals surface area contributed by atoms with E-state index in [1.54, 1.807) is 44.0 Å². The molecule has 0 saturated heterocycles. The zero-order valence-corrected chi connectivity index (χ0v) is 13.9. The number of methoxy groups -OCH3 is 2. The Morgan fingerprint density at radius 1 is 1.09 bits per heavy atom. The zero-order valence-electron chi connectivity index (χ0n) is 12.3. The second kappa shape index (κ2) is 5.98. The van der Waals surface area contributed by atoms with Crippen molar-refractivity contribution in [3.8, 4) is 11.5 Å². The molecule has 0 saturated carbocycles. The molecule has 3 rings (SSSR count). The molecule has 0 amide bonds. The molecular weight excluding hydrogens is 322 g/mol. The van der Waals surface area contributed by atoms with Crippen LogP contribution >= 0.6 is 22.9 Å². The number of hydrogen-bond acceptors (Lipinski definition) is 6. The van der Waals surface area contributed by atoms with Crippen molar-refractivity contribution in [2.75, 3.05) is 19.5 Å². The second-order valence-corrected chi connectivity index (χ2v) is 6.25. The van der Waals surface area contributed by atoms with Crippen LogP contribution in [0.2, 0.25) is 5.02 Å². The molecule has 22 heavy (non-hydrogen) atoms. The Labute approximate surface area is 136 Å². The van der Waals surface area contributed by atoms with Crippen LogP contribution in [0.15, 0.2) is 24.5 Å². The van der Waals surface area contributed by atoms with Crippen molar-refractivity contribution in [1.29, 1.82) is 0 Å². The molecule has 0 radical (unpaired) electrons. The molecule has 0 spiro atoms. The van der Waals surface area contributed by atoms with Gasteiger partial charge < -0.3 is 14.8 Å². The van der Waals surface area contributed by atoms with Gasteiger partial charge in [0.15, 0.2) is 0 Å². The monoisotopic (exact) mass is 335 g/mol. The number of halogens is 1. The van der Waals surface area contributed by atoms with Crippen molar-refractivity contribution in [2.45, 2.75) is 6.92 Å². The van der Waals surface area contributed by atoms with E-state index in [1.807, 2.05) is 6.92 Å². The first-order valence-electron chi connectivity index (χ1n) is 6.52. The van der Waals surface area contributed by atoms with Gasteiger partial charge in [-0.05, 0) is 13.0 Å². The van der Waals surface area contributed by atoms with E-state index < -0.39 is 0 Å². The summed E-state index contributed by atoms with van der Waals surface area (Å²) in [6.07, 6.45) is 1.54. The topological polar surface area (TPSA) is 56.3 Å². The van der Waals surface area contributed by atoms with E-state index in [-0.39, 0.29) is 0 Å². The Kier molecular flexibility index (Phi) is 4.04. The Bertz CT molecular complexity index is 835. The van der Waals surface area contributed by atoms with Crippen LogP contribution in [-0.2, 0) is 0 Å². The maximum Gasteiger partial charge on any atom is 0.144 e. The van der Waals surface area contributed by atoms with Gasteiger partial charge >= 0.3 is 0 Å². The molecule has 0 aliphatic heterocycles. The van der Waals surface area contributed by atoms with E-state index in [4.69, 9.17) is 21.1 Å². The fourth-order valence-electron chi connectivity index (χ4n) is 2.16. The standard InChI is InChI=1S/C15H14ClN3O2S/c1-8-4-9-14(17-7-18-15(9)22-8)19-11-6-12(20-2)10(16)5-13(11)21-3/h4-7H,1-3H3,(H,17,18,19). The van der Waals surface area contributed by atoms with Crippen molar-refractivity contribution in [1.82, 2.24) is 9.97 Å². The van der Waals surface area contributed by atoms with Crippen LogP contribution < -0.4 is 14.8 Å². The van der Waals surface area contributed by atoms with Crippen molar-refractivity contribution in [2.24, 2.45) is 0 Å². The number of nitrogens with one attached hydrogen (secondary N) is 1. The molecule has 5 nitrogen and oxygen atoms in total. The SMILES string of the molecule is COc1cc(Nc2ncnc3sc(C)cc23)c(OC)cc1Cl. The van der Waals surface area contributed by atoms with Crippen LogP contribution in [0.4, 0.5) is 11.5 Å². The largest absolute Gasteiger partial charge is 0.495 e. The van der Waals surface area contributed by atoms with Gasteiger partial charge in [0, 0.05) is 17.0 Å². The van der Waals surface area contributed by atoms with Crippen molar-refractivity contribution >= 4 is 44.7 Å². The predicted octanol–water partition coefficient (Wildman–Crippen LogP) is 4.41. The highest BCUT2D eigenvalue weighted by molar-refractivity contribution is 7.18. The lowest BCUT2D eigenvalue weighted by Crippen LogP contribution is -1.98. The predicted molar refractivity (Wildman–Crippen MR) is 90.0 cm³/mol. The average molecular weight is 336 g/mol. The summed E-state index contributed by atoms with van der Waals surface area (Å²) in [5.41, 5.74) is 0.729. The molecule has 2 aromatic heterocycles. The fraction of sp³-hybridized carbons (Fsp3) is 0.200. The van der Waals surface area contributed by atoms with Crippen LogP contribution in [0, 0.1) is 6.92 Å². The molecule has 2 heterocycles. The van der Waals surface area contributed by atoms with Gasteiger partial charge in [0.1, 0.15) is 28.5 Å². The lowest BCUT2D eigenvalue weighted by molar-refractivity contribution is 0.405. The van der Waals surface area contributed by atoms with Crippen LogP contribution in [0.3, 0.4) is 0 Å². The number of aromatic nitrogens is 2. The molecule has 0 fully saturated rings. The summed E-state index contributed by atoms with van der Waals surface area (Å²) in [4.78, 5) is 10.7. The van der Waals surface area contributed by atoms with E-state index >= 15 is 0 Å². The smallest absolute Gasteiger partial charge is 0.144 e. The highest BCUT2D eigenvalue weighted by Crippen LogP contribution is 2.38. The third kappa shape index (κ3) is 2.67. The van der Waals surface area contributed by atoms with Crippen molar-refractivity contribution < 1.29 is 9.47 Å². The molecule has 7 heteroatoms. The highest BCUT2D eigenvalue weighted by atomic mass is 35.5. The van der Waals surface area contributed by atoms with E-state index in [0.717, 1.165) is 21.7 Å². The molecular formula is C15H14ClN3O2S. The number of thiophene rings is 1. The number of benzene rings is 1. The number of ether oxygens (including phenoxy) is 2. The minimum atomic E-state index is 0.490. The van der Waals surface area contributed by atoms with Crippen LogP contribution in [0.5, 0.6) is 11.5 Å². The molecule has 1 aromatic carbocycles. The number of hydrogen-bond donors (Lipinski definition) is 1. The summed E-state index contributed by atoms with van der Waals surface area (Å²) in [7, 11) is 3.16.